The summed E-state index contributed by atoms with van der Waals surface area (Å²) in [5, 5.41) is 11.4. The fourth-order valence-electron chi connectivity index (χ4n) is 3.35. The highest BCUT2D eigenvalue weighted by Gasteiger charge is 2.31. The van der Waals surface area contributed by atoms with Crippen LogP contribution in [-0.2, 0) is 0 Å². The zero-order valence-corrected chi connectivity index (χ0v) is 16.3. The molecule has 0 saturated carbocycles. The lowest BCUT2D eigenvalue weighted by molar-refractivity contribution is 0.0960. The summed E-state index contributed by atoms with van der Waals surface area (Å²) >= 11 is 0. The second-order valence-corrected chi connectivity index (χ2v) is 6.91. The van der Waals surface area contributed by atoms with Crippen molar-refractivity contribution < 1.29 is 19.4 Å². The van der Waals surface area contributed by atoms with Crippen molar-refractivity contribution in [3.05, 3.63) is 64.7 Å². The molecule has 1 aliphatic heterocycles. The predicted molar refractivity (Wildman–Crippen MR) is 110 cm³/mol. The topological polar surface area (TPSA) is 102 Å². The number of primary amides is 1. The minimum atomic E-state index is -0.563. The van der Waals surface area contributed by atoms with Gasteiger partial charge in [-0.2, -0.15) is 0 Å². The largest absolute Gasteiger partial charge is 0.491 e. The number of rotatable bonds is 3. The van der Waals surface area contributed by atoms with Crippen LogP contribution in [0.15, 0.2) is 42.5 Å². The number of ether oxygens (including phenoxy) is 1. The number of carbonyl (C=O) groups is 2. The number of nitrogens with two attached hydrogens (primary N) is 1. The van der Waals surface area contributed by atoms with Gasteiger partial charge in [0.15, 0.2) is 0 Å². The van der Waals surface area contributed by atoms with Crippen LogP contribution in [0.3, 0.4) is 0 Å². The van der Waals surface area contributed by atoms with Crippen LogP contribution >= 0.6 is 0 Å². The molecule has 6 heteroatoms. The van der Waals surface area contributed by atoms with Crippen LogP contribution in [0, 0.1) is 11.8 Å². The van der Waals surface area contributed by atoms with Crippen LogP contribution in [0.4, 0.5) is 0 Å². The molecule has 0 radical (unpaired) electrons. The maximum absolute atomic E-state index is 12.0. The number of hydrogen-bond donors (Lipinski definition) is 3. The summed E-state index contributed by atoms with van der Waals surface area (Å²) < 4.78 is 5.74. The summed E-state index contributed by atoms with van der Waals surface area (Å²) in [6, 6.07) is 13.0. The third kappa shape index (κ3) is 4.76. The SMILES string of the molecule is CNC(=O)c1cc(C(N)=O)cc2c1OCC2c1ccccc1.OC1CC#CCC1. The summed E-state index contributed by atoms with van der Waals surface area (Å²) in [6.07, 6.45) is 2.29. The average Bonchev–Trinajstić information content (AvgIpc) is 3.18. The van der Waals surface area contributed by atoms with Gasteiger partial charge in [-0.15, -0.1) is 11.8 Å². The Bertz CT molecular complexity index is 960. The standard InChI is InChI=1S/C17H16N2O3.C6H8O/c1-19-17(21)13-8-11(16(18)20)7-12-14(9-22-15(12)13)10-5-3-2-4-6-10;7-6-4-2-1-3-5-6/h2-8,14H,9H2,1H3,(H2,18,20)(H,19,21);6-7H,2,4-5H2. The van der Waals surface area contributed by atoms with Crippen molar-refractivity contribution in [2.75, 3.05) is 13.7 Å². The van der Waals surface area contributed by atoms with Gasteiger partial charge in [0.25, 0.3) is 5.91 Å². The summed E-state index contributed by atoms with van der Waals surface area (Å²) in [5.41, 5.74) is 7.94. The van der Waals surface area contributed by atoms with Gasteiger partial charge >= 0.3 is 0 Å². The van der Waals surface area contributed by atoms with E-state index in [0.29, 0.717) is 29.9 Å². The molecule has 6 nitrogen and oxygen atoms in total. The van der Waals surface area contributed by atoms with Gasteiger partial charge in [-0.3, -0.25) is 9.59 Å². The highest BCUT2D eigenvalue weighted by atomic mass is 16.5. The third-order valence-electron chi connectivity index (χ3n) is 4.91. The Morgan fingerprint density at radius 3 is 2.52 bits per heavy atom. The number of nitrogens with one attached hydrogen (secondary N) is 1. The zero-order chi connectivity index (χ0) is 20.8. The first-order chi connectivity index (χ1) is 14.0. The fraction of sp³-hybridized carbons (Fsp3) is 0.304. The van der Waals surface area contributed by atoms with Crippen molar-refractivity contribution in [1.82, 2.24) is 5.32 Å². The first-order valence-electron chi connectivity index (χ1n) is 9.52. The maximum atomic E-state index is 12.0. The molecular weight excluding hydrogens is 368 g/mol. The van der Waals surface area contributed by atoms with Crippen LogP contribution in [-0.4, -0.2) is 36.7 Å². The second kappa shape index (κ2) is 9.26. The molecule has 2 aromatic rings. The number of benzene rings is 2. The van der Waals surface area contributed by atoms with E-state index in [1.165, 1.54) is 13.1 Å². The Morgan fingerprint density at radius 2 is 1.97 bits per heavy atom. The van der Waals surface area contributed by atoms with Gasteiger partial charge in [0, 0.05) is 36.9 Å². The van der Waals surface area contributed by atoms with Gasteiger partial charge in [-0.05, 0) is 24.1 Å². The smallest absolute Gasteiger partial charge is 0.254 e. The molecule has 2 aliphatic rings. The van der Waals surface area contributed by atoms with Gasteiger partial charge in [0.05, 0.1) is 18.3 Å². The van der Waals surface area contributed by atoms with Crippen LogP contribution in [0.5, 0.6) is 5.75 Å². The molecule has 2 atom stereocenters. The molecule has 2 amide bonds. The molecule has 150 valence electrons. The zero-order valence-electron chi connectivity index (χ0n) is 16.3. The number of amides is 2. The van der Waals surface area contributed by atoms with Crippen LogP contribution in [0.2, 0.25) is 0 Å². The first-order valence-corrected chi connectivity index (χ1v) is 9.52. The maximum Gasteiger partial charge on any atom is 0.254 e. The molecule has 0 saturated heterocycles. The predicted octanol–water partition coefficient (Wildman–Crippen LogP) is 2.20. The van der Waals surface area contributed by atoms with E-state index in [-0.39, 0.29) is 17.9 Å². The number of aliphatic hydroxyl groups excluding tert-OH is 1. The van der Waals surface area contributed by atoms with Crippen LogP contribution in [0.25, 0.3) is 0 Å². The van der Waals surface area contributed by atoms with Gasteiger partial charge in [0.2, 0.25) is 5.91 Å². The van der Waals surface area contributed by atoms with Crippen LogP contribution in [0.1, 0.15) is 57.0 Å². The van der Waals surface area contributed by atoms with Gasteiger partial charge in [-0.25, -0.2) is 0 Å². The molecule has 2 aromatic carbocycles. The summed E-state index contributed by atoms with van der Waals surface area (Å²) in [6.45, 7) is 0.436. The van der Waals surface area contributed by atoms with E-state index in [0.717, 1.165) is 24.0 Å². The Labute approximate surface area is 170 Å². The molecule has 1 aliphatic carbocycles. The molecule has 4 N–H and O–H groups in total. The molecule has 1 heterocycles. The molecule has 0 spiro atoms. The Balaban J connectivity index is 0.000000290. The molecule has 29 heavy (non-hydrogen) atoms. The Kier molecular flexibility index (Phi) is 6.53. The first kappa shape index (κ1) is 20.4. The lowest BCUT2D eigenvalue weighted by Gasteiger charge is -2.11. The van der Waals surface area contributed by atoms with E-state index in [1.807, 2.05) is 30.3 Å². The van der Waals surface area contributed by atoms with E-state index in [2.05, 4.69) is 17.2 Å². The third-order valence-corrected chi connectivity index (χ3v) is 4.91. The fourth-order valence-corrected chi connectivity index (χ4v) is 3.35. The molecule has 2 unspecified atom stereocenters. The number of fused-ring (bicyclic) bond motifs is 1. The molecule has 0 aromatic heterocycles. The van der Waals surface area contributed by atoms with Crippen molar-refractivity contribution in [2.24, 2.45) is 5.73 Å². The van der Waals surface area contributed by atoms with E-state index in [4.69, 9.17) is 15.6 Å². The van der Waals surface area contributed by atoms with E-state index in [1.54, 1.807) is 6.07 Å². The number of carbonyl (C=O) groups excluding carboxylic acids is 2. The van der Waals surface area contributed by atoms with Crippen molar-refractivity contribution in [3.8, 4) is 17.6 Å². The monoisotopic (exact) mass is 392 g/mol. The van der Waals surface area contributed by atoms with Crippen LogP contribution < -0.4 is 15.8 Å². The minimum absolute atomic E-state index is 0.0149. The summed E-state index contributed by atoms with van der Waals surface area (Å²) in [7, 11) is 1.54. The van der Waals surface area contributed by atoms with Crippen molar-refractivity contribution in [1.29, 1.82) is 0 Å². The van der Waals surface area contributed by atoms with Gasteiger partial charge in [-0.1, -0.05) is 30.3 Å². The van der Waals surface area contributed by atoms with E-state index < -0.39 is 5.91 Å². The van der Waals surface area contributed by atoms with E-state index >= 15 is 0 Å². The minimum Gasteiger partial charge on any atom is -0.491 e. The molecule has 0 fully saturated rings. The van der Waals surface area contributed by atoms with Gasteiger partial charge < -0.3 is 20.9 Å². The lowest BCUT2D eigenvalue weighted by atomic mass is 9.90. The Hall–Kier alpha value is -3.30. The quantitative estimate of drug-likeness (QED) is 0.697. The highest BCUT2D eigenvalue weighted by molar-refractivity contribution is 6.02. The van der Waals surface area contributed by atoms with Gasteiger partial charge in [0.1, 0.15) is 5.75 Å². The molecule has 4 rings (SSSR count). The lowest BCUT2D eigenvalue weighted by Crippen LogP contribution is -2.20. The number of aliphatic hydroxyl groups is 1. The Morgan fingerprint density at radius 1 is 1.21 bits per heavy atom. The number of hydrogen-bond acceptors (Lipinski definition) is 4. The molecule has 0 bridgehead atoms. The summed E-state index contributed by atoms with van der Waals surface area (Å²) in [4.78, 5) is 23.6. The highest BCUT2D eigenvalue weighted by Crippen LogP contribution is 2.41. The van der Waals surface area contributed by atoms with Crippen molar-refractivity contribution >= 4 is 11.8 Å². The van der Waals surface area contributed by atoms with E-state index in [9.17, 15) is 9.59 Å². The normalized spacial score (nSPS) is 18.8. The van der Waals surface area contributed by atoms with Crippen molar-refractivity contribution in [3.63, 3.8) is 0 Å². The average molecular weight is 392 g/mol. The second-order valence-electron chi connectivity index (χ2n) is 6.91. The summed E-state index contributed by atoms with van der Waals surface area (Å²) in [5.74, 6) is 5.39. The van der Waals surface area contributed by atoms with Crippen molar-refractivity contribution in [2.45, 2.75) is 31.3 Å². The molecular formula is C23H24N2O4.